The van der Waals surface area contributed by atoms with Crippen LogP contribution in [0, 0.1) is 11.8 Å². The molecule has 0 spiro atoms. The lowest BCUT2D eigenvalue weighted by atomic mass is 9.86. The first-order chi connectivity index (χ1) is 9.40. The fourth-order valence-electron chi connectivity index (χ4n) is 3.23. The van der Waals surface area contributed by atoms with Gasteiger partial charge in [-0.05, 0) is 18.4 Å². The topological polar surface area (TPSA) is 29.5 Å². The lowest BCUT2D eigenvalue weighted by Crippen LogP contribution is -2.48. The highest BCUT2D eigenvalue weighted by Gasteiger charge is 2.35. The van der Waals surface area contributed by atoms with Gasteiger partial charge in [0.1, 0.15) is 0 Å². The third-order valence-corrected chi connectivity index (χ3v) is 8.04. The van der Waals surface area contributed by atoms with Crippen LogP contribution < -0.4 is 5.19 Å². The van der Waals surface area contributed by atoms with Crippen molar-refractivity contribution in [3.8, 4) is 0 Å². The molecule has 20 heavy (non-hydrogen) atoms. The van der Waals surface area contributed by atoms with Gasteiger partial charge in [-0.15, -0.1) is 0 Å². The highest BCUT2D eigenvalue weighted by Crippen LogP contribution is 2.29. The summed E-state index contributed by atoms with van der Waals surface area (Å²) in [5.41, 5.74) is 0. The molecule has 0 radical (unpaired) electrons. The van der Waals surface area contributed by atoms with E-state index in [0.29, 0.717) is 18.4 Å². The van der Waals surface area contributed by atoms with Crippen LogP contribution in [0.5, 0.6) is 0 Å². The summed E-state index contributed by atoms with van der Waals surface area (Å²) in [5.74, 6) is 0.790. The molecule has 1 heterocycles. The third-order valence-electron chi connectivity index (χ3n) is 4.67. The second-order valence-corrected chi connectivity index (χ2v) is 11.9. The SMILES string of the molecule is CC(C)[C@@H]1CO[C@H](C[Si](C)(C)c2ccccc2)C[C@@H]1O. The van der Waals surface area contributed by atoms with Gasteiger partial charge in [0.05, 0.1) is 26.9 Å². The maximum Gasteiger partial charge on any atom is 0.0831 e. The highest BCUT2D eigenvalue weighted by atomic mass is 28.3. The van der Waals surface area contributed by atoms with E-state index in [1.807, 2.05) is 0 Å². The van der Waals surface area contributed by atoms with Crippen LogP contribution in [0.4, 0.5) is 0 Å². The van der Waals surface area contributed by atoms with Crippen LogP contribution in [-0.4, -0.2) is 32.0 Å². The van der Waals surface area contributed by atoms with Crippen LogP contribution in [0.1, 0.15) is 20.3 Å². The fraction of sp³-hybridized carbons (Fsp3) is 0.647. The van der Waals surface area contributed by atoms with Crippen molar-refractivity contribution in [3.05, 3.63) is 30.3 Å². The molecule has 1 aliphatic rings. The zero-order chi connectivity index (χ0) is 14.8. The normalized spacial score (nSPS) is 27.8. The molecule has 0 amide bonds. The van der Waals surface area contributed by atoms with Crippen molar-refractivity contribution in [2.45, 2.75) is 51.6 Å². The first kappa shape index (κ1) is 15.7. The molecular formula is C17H28O2Si. The van der Waals surface area contributed by atoms with Crippen LogP contribution in [0.2, 0.25) is 19.1 Å². The third kappa shape index (κ3) is 3.71. The first-order valence-corrected chi connectivity index (χ1v) is 11.0. The molecule has 0 bridgehead atoms. The number of benzene rings is 1. The van der Waals surface area contributed by atoms with E-state index in [1.165, 1.54) is 5.19 Å². The van der Waals surface area contributed by atoms with Crippen LogP contribution in [0.25, 0.3) is 0 Å². The van der Waals surface area contributed by atoms with Crippen molar-refractivity contribution in [3.63, 3.8) is 0 Å². The largest absolute Gasteiger partial charge is 0.393 e. The van der Waals surface area contributed by atoms with Crippen molar-refractivity contribution in [1.29, 1.82) is 0 Å². The minimum atomic E-state index is -1.48. The molecule has 0 unspecified atom stereocenters. The number of aliphatic hydroxyl groups is 1. The molecule has 1 fully saturated rings. The van der Waals surface area contributed by atoms with Gasteiger partial charge >= 0.3 is 0 Å². The quantitative estimate of drug-likeness (QED) is 0.864. The molecule has 0 aliphatic carbocycles. The van der Waals surface area contributed by atoms with Gasteiger partial charge in [-0.25, -0.2) is 0 Å². The molecule has 1 N–H and O–H groups in total. The molecule has 1 aromatic rings. The maximum atomic E-state index is 10.3. The molecule has 1 aliphatic heterocycles. The highest BCUT2D eigenvalue weighted by molar-refractivity contribution is 6.89. The second kappa shape index (κ2) is 6.42. The molecule has 0 aromatic heterocycles. The van der Waals surface area contributed by atoms with Gasteiger partial charge < -0.3 is 9.84 Å². The van der Waals surface area contributed by atoms with E-state index >= 15 is 0 Å². The fourth-order valence-corrected chi connectivity index (χ4v) is 5.98. The average molecular weight is 292 g/mol. The van der Waals surface area contributed by atoms with E-state index in [1.54, 1.807) is 0 Å². The van der Waals surface area contributed by atoms with Crippen LogP contribution in [0.15, 0.2) is 30.3 Å². The number of aliphatic hydroxyl groups excluding tert-OH is 1. The molecule has 1 saturated heterocycles. The molecule has 3 atom stereocenters. The summed E-state index contributed by atoms with van der Waals surface area (Å²) in [6, 6.07) is 11.9. The van der Waals surface area contributed by atoms with Crippen molar-refractivity contribution in [2.24, 2.45) is 11.8 Å². The second-order valence-electron chi connectivity index (χ2n) is 7.12. The Kier molecular flexibility index (Phi) is 5.05. The van der Waals surface area contributed by atoms with Crippen LogP contribution in [-0.2, 0) is 4.74 Å². The number of ether oxygens (including phenoxy) is 1. The zero-order valence-corrected chi connectivity index (χ0v) is 14.2. The molecular weight excluding hydrogens is 264 g/mol. The smallest absolute Gasteiger partial charge is 0.0831 e. The van der Waals surface area contributed by atoms with E-state index in [-0.39, 0.29) is 12.2 Å². The summed E-state index contributed by atoms with van der Waals surface area (Å²) in [7, 11) is -1.48. The lowest BCUT2D eigenvalue weighted by molar-refractivity contribution is -0.0890. The van der Waals surface area contributed by atoms with E-state index in [4.69, 9.17) is 4.74 Å². The van der Waals surface area contributed by atoms with E-state index in [0.717, 1.165) is 12.5 Å². The Hall–Kier alpha value is -0.643. The lowest BCUT2D eigenvalue weighted by Gasteiger charge is -2.38. The molecule has 2 nitrogen and oxygen atoms in total. The zero-order valence-electron chi connectivity index (χ0n) is 13.2. The maximum absolute atomic E-state index is 10.3. The average Bonchev–Trinajstić information content (AvgIpc) is 2.39. The minimum absolute atomic E-state index is 0.200. The van der Waals surface area contributed by atoms with E-state index in [2.05, 4.69) is 57.3 Å². The van der Waals surface area contributed by atoms with Gasteiger partial charge in [0.15, 0.2) is 0 Å². The van der Waals surface area contributed by atoms with Crippen molar-refractivity contribution in [1.82, 2.24) is 0 Å². The Labute approximate surface area is 124 Å². The summed E-state index contributed by atoms with van der Waals surface area (Å²) >= 11 is 0. The Morgan fingerprint density at radius 1 is 1.25 bits per heavy atom. The summed E-state index contributed by atoms with van der Waals surface area (Å²) in [4.78, 5) is 0. The monoisotopic (exact) mass is 292 g/mol. The van der Waals surface area contributed by atoms with Gasteiger partial charge in [0.2, 0.25) is 0 Å². The summed E-state index contributed by atoms with van der Waals surface area (Å²) in [5, 5.41) is 11.8. The van der Waals surface area contributed by atoms with Gasteiger partial charge in [0.25, 0.3) is 0 Å². The van der Waals surface area contributed by atoms with Gasteiger partial charge in [-0.1, -0.05) is 62.5 Å². The van der Waals surface area contributed by atoms with E-state index < -0.39 is 8.07 Å². The van der Waals surface area contributed by atoms with Crippen molar-refractivity contribution in [2.75, 3.05) is 6.61 Å². The Morgan fingerprint density at radius 3 is 2.45 bits per heavy atom. The summed E-state index contributed by atoms with van der Waals surface area (Å²) in [6.07, 6.45) is 0.822. The molecule has 3 heteroatoms. The van der Waals surface area contributed by atoms with Gasteiger partial charge in [-0.3, -0.25) is 0 Å². The Morgan fingerprint density at radius 2 is 1.90 bits per heavy atom. The Balaban J connectivity index is 1.98. The first-order valence-electron chi connectivity index (χ1n) is 7.75. The van der Waals surface area contributed by atoms with E-state index in [9.17, 15) is 5.11 Å². The molecule has 0 saturated carbocycles. The predicted octanol–water partition coefficient (Wildman–Crippen LogP) is 3.02. The van der Waals surface area contributed by atoms with Crippen LogP contribution in [0.3, 0.4) is 0 Å². The number of hydrogen-bond acceptors (Lipinski definition) is 2. The molecule has 1 aromatic carbocycles. The van der Waals surface area contributed by atoms with Gasteiger partial charge in [-0.2, -0.15) is 0 Å². The number of hydrogen-bond donors (Lipinski definition) is 1. The number of rotatable bonds is 4. The summed E-state index contributed by atoms with van der Waals surface area (Å²) in [6.45, 7) is 9.84. The van der Waals surface area contributed by atoms with Crippen molar-refractivity contribution >= 4 is 13.3 Å². The predicted molar refractivity (Wildman–Crippen MR) is 87.1 cm³/mol. The van der Waals surface area contributed by atoms with Crippen molar-refractivity contribution < 1.29 is 9.84 Å². The van der Waals surface area contributed by atoms with Crippen LogP contribution >= 0.6 is 0 Å². The standard InChI is InChI=1S/C17H28O2Si/c1-13(2)16-11-19-14(10-17(16)18)12-20(3,4)15-8-6-5-7-9-15/h5-9,13-14,16-18H,10-12H2,1-4H3/t14-,16-,17-/m0/s1. The Bertz CT molecular complexity index is 416. The molecule has 112 valence electrons. The minimum Gasteiger partial charge on any atom is -0.393 e. The van der Waals surface area contributed by atoms with Gasteiger partial charge in [0, 0.05) is 5.92 Å². The summed E-state index contributed by atoms with van der Waals surface area (Å²) < 4.78 is 6.05. The molecule has 2 rings (SSSR count).